The molecule has 0 fully saturated rings. The Labute approximate surface area is 173 Å². The first-order valence-corrected chi connectivity index (χ1v) is 8.66. The number of carbonyl (C=O) groups excluding carboxylic acids is 2. The number of rotatable bonds is 4. The molecule has 2 aromatic carbocycles. The molecule has 0 heterocycles. The summed E-state index contributed by atoms with van der Waals surface area (Å²) >= 11 is 0. The Balaban J connectivity index is 2.50. The van der Waals surface area contributed by atoms with Gasteiger partial charge in [-0.1, -0.05) is 13.8 Å². The van der Waals surface area contributed by atoms with Gasteiger partial charge in [0.25, 0.3) is 0 Å². The van der Waals surface area contributed by atoms with Crippen LogP contribution in [0.15, 0.2) is 36.4 Å². The summed E-state index contributed by atoms with van der Waals surface area (Å²) in [6.07, 6.45) is -4.92. The molecule has 0 saturated carbocycles. The van der Waals surface area contributed by atoms with E-state index in [1.165, 1.54) is 19.9 Å². The molecule has 31 heavy (non-hydrogen) atoms. The van der Waals surface area contributed by atoms with Gasteiger partial charge in [0.2, 0.25) is 5.91 Å². The Morgan fingerprint density at radius 1 is 1.13 bits per heavy atom. The number of carboxylic acids is 1. The van der Waals surface area contributed by atoms with Crippen LogP contribution >= 0.6 is 0 Å². The lowest BCUT2D eigenvalue weighted by Gasteiger charge is -2.24. The Morgan fingerprint density at radius 3 is 2.26 bits per heavy atom. The normalized spacial score (nSPS) is 11.0. The number of benzene rings is 2. The van der Waals surface area contributed by atoms with E-state index in [0.29, 0.717) is 17.0 Å². The first kappa shape index (κ1) is 23.3. The van der Waals surface area contributed by atoms with Crippen molar-refractivity contribution in [1.29, 1.82) is 5.26 Å². The third kappa shape index (κ3) is 5.16. The van der Waals surface area contributed by atoms with Crippen LogP contribution in [0.4, 0.5) is 33.7 Å². The molecule has 0 radical (unpaired) electrons. The van der Waals surface area contributed by atoms with Gasteiger partial charge in [-0.05, 0) is 36.4 Å². The molecule has 0 aliphatic rings. The van der Waals surface area contributed by atoms with Crippen molar-refractivity contribution in [3.63, 3.8) is 0 Å². The molecule has 11 heteroatoms. The summed E-state index contributed by atoms with van der Waals surface area (Å²) in [6, 6.07) is 5.15. The van der Waals surface area contributed by atoms with Crippen LogP contribution in [0, 0.1) is 23.1 Å². The fraction of sp³-hybridized carbons (Fsp3) is 0.200. The summed E-state index contributed by atoms with van der Waals surface area (Å²) in [5.74, 6) is -4.37. The third-order valence-corrected chi connectivity index (χ3v) is 4.06. The van der Waals surface area contributed by atoms with E-state index in [4.69, 9.17) is 10.4 Å². The predicted octanol–water partition coefficient (Wildman–Crippen LogP) is 4.64. The zero-order valence-electron chi connectivity index (χ0n) is 16.1. The van der Waals surface area contributed by atoms with Crippen LogP contribution in [0.5, 0.6) is 0 Å². The van der Waals surface area contributed by atoms with E-state index < -0.39 is 58.2 Å². The van der Waals surface area contributed by atoms with Crippen molar-refractivity contribution in [2.45, 2.75) is 20.0 Å². The Bertz CT molecular complexity index is 1090. The van der Waals surface area contributed by atoms with Crippen molar-refractivity contribution in [2.24, 2.45) is 5.92 Å². The van der Waals surface area contributed by atoms with E-state index in [-0.39, 0.29) is 5.69 Å². The van der Waals surface area contributed by atoms with E-state index in [0.717, 1.165) is 24.3 Å². The highest BCUT2D eigenvalue weighted by molar-refractivity contribution is 6.19. The number of nitrogens with one attached hydrogen (secondary N) is 1. The molecule has 162 valence electrons. The lowest BCUT2D eigenvalue weighted by atomic mass is 10.1. The molecule has 0 unspecified atom stereocenters. The van der Waals surface area contributed by atoms with Gasteiger partial charge in [0.15, 0.2) is 0 Å². The van der Waals surface area contributed by atoms with Crippen molar-refractivity contribution >= 4 is 29.3 Å². The van der Waals surface area contributed by atoms with Crippen molar-refractivity contribution in [1.82, 2.24) is 0 Å². The van der Waals surface area contributed by atoms with Gasteiger partial charge in [-0.2, -0.15) is 18.4 Å². The van der Waals surface area contributed by atoms with Gasteiger partial charge in [0.05, 0.1) is 28.4 Å². The second-order valence-electron chi connectivity index (χ2n) is 6.60. The van der Waals surface area contributed by atoms with Gasteiger partial charge in [-0.15, -0.1) is 0 Å². The SMILES string of the molecule is CC(C)C(=O)N(C(=O)Nc1ccc(C(=O)O)c(F)c1)c1ccc(C#N)c(C(F)(F)F)c1. The number of hydrogen-bond donors (Lipinski definition) is 2. The van der Waals surface area contributed by atoms with Crippen LogP contribution in [-0.2, 0) is 11.0 Å². The third-order valence-electron chi connectivity index (χ3n) is 4.06. The fourth-order valence-corrected chi connectivity index (χ4v) is 2.55. The summed E-state index contributed by atoms with van der Waals surface area (Å²) in [6.45, 7) is 2.83. The highest BCUT2D eigenvalue weighted by Gasteiger charge is 2.36. The standard InChI is InChI=1S/C20H15F4N3O4/c1-10(2)17(28)27(13-5-3-11(9-25)15(8-13)20(22,23)24)19(31)26-12-4-6-14(18(29)30)16(21)7-12/h3-8,10H,1-2H3,(H,26,31)(H,29,30). The maximum Gasteiger partial charge on any atom is 0.417 e. The quantitative estimate of drug-likeness (QED) is 0.678. The number of anilines is 2. The minimum atomic E-state index is -4.92. The summed E-state index contributed by atoms with van der Waals surface area (Å²) in [4.78, 5) is 36.6. The first-order chi connectivity index (χ1) is 14.4. The maximum atomic E-state index is 13.9. The molecule has 7 nitrogen and oxygen atoms in total. The number of imide groups is 1. The number of amides is 3. The number of carbonyl (C=O) groups is 3. The van der Waals surface area contributed by atoms with E-state index in [2.05, 4.69) is 5.32 Å². The van der Waals surface area contributed by atoms with Crippen LogP contribution in [0.1, 0.15) is 35.3 Å². The molecular formula is C20H15F4N3O4. The summed E-state index contributed by atoms with van der Waals surface area (Å²) in [5.41, 5.74) is -3.36. The van der Waals surface area contributed by atoms with E-state index in [1.807, 2.05) is 0 Å². The number of urea groups is 1. The fourth-order valence-electron chi connectivity index (χ4n) is 2.55. The molecule has 0 atom stereocenters. The molecule has 3 amide bonds. The predicted molar refractivity (Wildman–Crippen MR) is 101 cm³/mol. The first-order valence-electron chi connectivity index (χ1n) is 8.66. The molecule has 0 bridgehead atoms. The summed E-state index contributed by atoms with van der Waals surface area (Å²) < 4.78 is 53.7. The van der Waals surface area contributed by atoms with Gasteiger partial charge in [0, 0.05) is 11.6 Å². The van der Waals surface area contributed by atoms with Crippen molar-refractivity contribution in [3.05, 3.63) is 58.9 Å². The van der Waals surface area contributed by atoms with E-state index in [1.54, 1.807) is 0 Å². The monoisotopic (exact) mass is 437 g/mol. The summed E-state index contributed by atoms with van der Waals surface area (Å²) in [5, 5.41) is 19.9. The Kier molecular flexibility index (Phi) is 6.65. The highest BCUT2D eigenvalue weighted by Crippen LogP contribution is 2.35. The zero-order valence-corrected chi connectivity index (χ0v) is 16.1. The molecule has 2 rings (SSSR count). The highest BCUT2D eigenvalue weighted by atomic mass is 19.4. The number of aromatic carboxylic acids is 1. The average Bonchev–Trinajstić information content (AvgIpc) is 2.67. The number of nitrogens with zero attached hydrogens (tertiary/aromatic N) is 2. The molecule has 0 saturated heterocycles. The van der Waals surface area contributed by atoms with Gasteiger partial charge in [-0.25, -0.2) is 18.9 Å². The molecule has 0 aliphatic carbocycles. The van der Waals surface area contributed by atoms with Crippen LogP contribution in [0.25, 0.3) is 0 Å². The molecule has 0 aliphatic heterocycles. The topological polar surface area (TPSA) is 110 Å². The lowest BCUT2D eigenvalue weighted by Crippen LogP contribution is -2.42. The summed E-state index contributed by atoms with van der Waals surface area (Å²) in [7, 11) is 0. The molecule has 0 spiro atoms. The second-order valence-corrected chi connectivity index (χ2v) is 6.60. The zero-order chi connectivity index (χ0) is 23.5. The van der Waals surface area contributed by atoms with E-state index in [9.17, 15) is 31.9 Å². The number of hydrogen-bond acceptors (Lipinski definition) is 4. The van der Waals surface area contributed by atoms with Crippen molar-refractivity contribution < 1.29 is 37.1 Å². The van der Waals surface area contributed by atoms with Gasteiger partial charge < -0.3 is 10.4 Å². The molecule has 2 N–H and O–H groups in total. The van der Waals surface area contributed by atoms with Crippen molar-refractivity contribution in [3.8, 4) is 6.07 Å². The van der Waals surface area contributed by atoms with Crippen LogP contribution in [0.2, 0.25) is 0 Å². The number of halogens is 4. The number of alkyl halides is 3. The Hall–Kier alpha value is -3.94. The number of carboxylic acid groups (broad SMARTS) is 1. The minimum Gasteiger partial charge on any atom is -0.478 e. The van der Waals surface area contributed by atoms with Gasteiger partial charge in [0.1, 0.15) is 5.82 Å². The number of nitriles is 1. The van der Waals surface area contributed by atoms with Crippen LogP contribution in [0.3, 0.4) is 0 Å². The molecule has 0 aromatic heterocycles. The van der Waals surface area contributed by atoms with Gasteiger partial charge >= 0.3 is 18.2 Å². The van der Waals surface area contributed by atoms with Gasteiger partial charge in [-0.3, -0.25) is 4.79 Å². The van der Waals surface area contributed by atoms with E-state index >= 15 is 0 Å². The maximum absolute atomic E-state index is 13.9. The largest absolute Gasteiger partial charge is 0.478 e. The van der Waals surface area contributed by atoms with Crippen LogP contribution < -0.4 is 10.2 Å². The second kappa shape index (κ2) is 8.83. The molecule has 2 aromatic rings. The molecular weight excluding hydrogens is 422 g/mol. The van der Waals surface area contributed by atoms with Crippen LogP contribution in [-0.4, -0.2) is 23.0 Å². The average molecular weight is 437 g/mol. The Morgan fingerprint density at radius 2 is 1.77 bits per heavy atom. The smallest absolute Gasteiger partial charge is 0.417 e. The lowest BCUT2D eigenvalue weighted by molar-refractivity contribution is -0.137. The minimum absolute atomic E-state index is 0.223. The van der Waals surface area contributed by atoms with Crippen molar-refractivity contribution in [2.75, 3.05) is 10.2 Å².